The van der Waals surface area contributed by atoms with Crippen molar-refractivity contribution in [2.24, 2.45) is 5.92 Å². The lowest BCUT2D eigenvalue weighted by Gasteiger charge is -2.45. The van der Waals surface area contributed by atoms with Crippen LogP contribution in [-0.2, 0) is 0 Å². The van der Waals surface area contributed by atoms with Gasteiger partial charge in [0.1, 0.15) is 12.1 Å². The summed E-state index contributed by atoms with van der Waals surface area (Å²) < 4.78 is 0. The minimum Gasteiger partial charge on any atom is -0.389 e. The smallest absolute Gasteiger partial charge is 0.117 e. The highest BCUT2D eigenvalue weighted by molar-refractivity contribution is 5.27. The molecule has 0 aliphatic carbocycles. The van der Waals surface area contributed by atoms with Crippen LogP contribution >= 0.6 is 0 Å². The Hall–Kier alpha value is -1.64. The number of aliphatic hydroxyl groups is 1. The van der Waals surface area contributed by atoms with Crippen LogP contribution < -0.4 is 5.32 Å². The van der Waals surface area contributed by atoms with E-state index >= 15 is 0 Å². The second-order valence-electron chi connectivity index (χ2n) is 9.05. The average Bonchev–Trinajstić information content (AvgIpc) is 2.69. The summed E-state index contributed by atoms with van der Waals surface area (Å²) in [5.74, 6) is 0.235. The van der Waals surface area contributed by atoms with Gasteiger partial charge in [-0.05, 0) is 20.3 Å². The predicted octanol–water partition coefficient (Wildman–Crippen LogP) is 5.39. The average molecular weight is 381 g/mol. The number of rotatable bonds is 7. The van der Waals surface area contributed by atoms with E-state index in [0.29, 0.717) is 6.04 Å². The number of nitrogens with two attached hydrogens (primary N) is 1. The first-order chi connectivity index (χ1) is 13.4. The lowest BCUT2D eigenvalue weighted by Crippen LogP contribution is -2.91. The fraction of sp³-hybridized carbons (Fsp3) is 0.538. The van der Waals surface area contributed by atoms with Crippen LogP contribution in [0, 0.1) is 19.8 Å². The van der Waals surface area contributed by atoms with Gasteiger partial charge in [-0.25, -0.2) is 0 Å². The summed E-state index contributed by atoms with van der Waals surface area (Å²) in [6, 6.07) is 18.4. The fourth-order valence-electron chi connectivity index (χ4n) is 4.80. The Bertz CT molecular complexity index is 736. The summed E-state index contributed by atoms with van der Waals surface area (Å²) in [5.41, 5.74) is 4.64. The number of aryl methyl sites for hydroxylation is 2. The summed E-state index contributed by atoms with van der Waals surface area (Å²) in [6.45, 7) is 8.77. The van der Waals surface area contributed by atoms with Crippen molar-refractivity contribution in [3.63, 3.8) is 0 Å². The topological polar surface area (TPSA) is 36.8 Å². The molecule has 1 saturated heterocycles. The van der Waals surface area contributed by atoms with Gasteiger partial charge in [0.15, 0.2) is 0 Å². The molecule has 1 aliphatic heterocycles. The van der Waals surface area contributed by atoms with Crippen molar-refractivity contribution >= 4 is 0 Å². The molecule has 0 radical (unpaired) electrons. The van der Waals surface area contributed by atoms with Crippen LogP contribution in [0.3, 0.4) is 0 Å². The number of piperidine rings is 1. The van der Waals surface area contributed by atoms with Gasteiger partial charge in [0, 0.05) is 23.5 Å². The van der Waals surface area contributed by atoms with Gasteiger partial charge in [0.25, 0.3) is 0 Å². The maximum absolute atomic E-state index is 11.8. The zero-order valence-electron chi connectivity index (χ0n) is 18.1. The lowest BCUT2D eigenvalue weighted by atomic mass is 9.70. The highest BCUT2D eigenvalue weighted by Crippen LogP contribution is 2.41. The molecule has 28 heavy (non-hydrogen) atoms. The molecule has 1 fully saturated rings. The Balaban J connectivity index is 1.87. The number of hydrogen-bond acceptors (Lipinski definition) is 1. The van der Waals surface area contributed by atoms with Crippen molar-refractivity contribution < 1.29 is 10.4 Å². The predicted molar refractivity (Wildman–Crippen MR) is 117 cm³/mol. The molecular weight excluding hydrogens is 342 g/mol. The molecule has 0 spiro atoms. The van der Waals surface area contributed by atoms with Crippen molar-refractivity contribution in [2.75, 3.05) is 0 Å². The van der Waals surface area contributed by atoms with Crippen LogP contribution in [0.2, 0.25) is 0 Å². The highest BCUT2D eigenvalue weighted by Gasteiger charge is 2.48. The van der Waals surface area contributed by atoms with Crippen LogP contribution in [0.25, 0.3) is 0 Å². The summed E-state index contributed by atoms with van der Waals surface area (Å²) in [5, 5.41) is 14.3. The van der Waals surface area contributed by atoms with Gasteiger partial charge in [-0.15, -0.1) is 0 Å². The standard InChI is InChI=1S/C26H37NO/c1-5-6-7-8-17-26(28)18-24(22-13-9-19(2)10-14-22)27-25(21(26)4)23-15-11-20(3)12-16-23/h9-16,21,24-25,27-28H,5-8,17-18H2,1-4H3/p+1/t21-,24+,25-,26+/m0/s1. The minimum absolute atomic E-state index is 0.235. The van der Waals surface area contributed by atoms with Crippen molar-refractivity contribution in [1.29, 1.82) is 0 Å². The van der Waals surface area contributed by atoms with E-state index < -0.39 is 5.60 Å². The Kier molecular flexibility index (Phi) is 6.95. The van der Waals surface area contributed by atoms with Gasteiger partial charge in [-0.3, -0.25) is 0 Å². The van der Waals surface area contributed by atoms with Gasteiger partial charge in [0.2, 0.25) is 0 Å². The maximum Gasteiger partial charge on any atom is 0.117 e. The van der Waals surface area contributed by atoms with E-state index in [2.05, 4.69) is 81.5 Å². The van der Waals surface area contributed by atoms with Gasteiger partial charge >= 0.3 is 0 Å². The number of quaternary nitrogens is 1. The van der Waals surface area contributed by atoms with Gasteiger partial charge in [-0.2, -0.15) is 0 Å². The monoisotopic (exact) mass is 380 g/mol. The third kappa shape index (κ3) is 4.85. The largest absolute Gasteiger partial charge is 0.389 e. The molecule has 0 bridgehead atoms. The number of hydrogen-bond donors (Lipinski definition) is 2. The summed E-state index contributed by atoms with van der Waals surface area (Å²) >= 11 is 0. The van der Waals surface area contributed by atoms with E-state index in [4.69, 9.17) is 0 Å². The van der Waals surface area contributed by atoms with Crippen molar-refractivity contribution in [2.45, 2.75) is 83.9 Å². The molecule has 2 aromatic rings. The van der Waals surface area contributed by atoms with Crippen LogP contribution in [0.5, 0.6) is 0 Å². The first-order valence-electron chi connectivity index (χ1n) is 11.1. The molecule has 152 valence electrons. The molecule has 0 aromatic heterocycles. The van der Waals surface area contributed by atoms with Gasteiger partial charge < -0.3 is 10.4 Å². The van der Waals surface area contributed by atoms with E-state index in [9.17, 15) is 5.11 Å². The van der Waals surface area contributed by atoms with Crippen molar-refractivity contribution in [3.8, 4) is 0 Å². The van der Waals surface area contributed by atoms with E-state index in [1.165, 1.54) is 41.5 Å². The Morgan fingerprint density at radius 1 is 0.893 bits per heavy atom. The lowest BCUT2D eigenvalue weighted by molar-refractivity contribution is -0.756. The molecule has 1 heterocycles. The Labute approximate surface area is 171 Å². The van der Waals surface area contributed by atoms with Crippen LogP contribution in [0.15, 0.2) is 48.5 Å². The molecule has 2 aromatic carbocycles. The number of benzene rings is 2. The molecule has 1 aliphatic rings. The molecule has 0 saturated carbocycles. The molecule has 3 rings (SSSR count). The van der Waals surface area contributed by atoms with Crippen LogP contribution in [0.4, 0.5) is 0 Å². The number of unbranched alkanes of at least 4 members (excludes halogenated alkanes) is 3. The van der Waals surface area contributed by atoms with Crippen molar-refractivity contribution in [3.05, 3.63) is 70.8 Å². The van der Waals surface area contributed by atoms with E-state index in [1.807, 2.05) is 0 Å². The maximum atomic E-state index is 11.8. The minimum atomic E-state index is -0.604. The normalized spacial score (nSPS) is 27.7. The van der Waals surface area contributed by atoms with Crippen molar-refractivity contribution in [1.82, 2.24) is 0 Å². The second-order valence-corrected chi connectivity index (χ2v) is 9.05. The van der Waals surface area contributed by atoms with Crippen LogP contribution in [-0.4, -0.2) is 10.7 Å². The Morgan fingerprint density at radius 3 is 2.04 bits per heavy atom. The molecule has 4 atom stereocenters. The zero-order chi connectivity index (χ0) is 20.1. The second kappa shape index (κ2) is 9.24. The van der Waals surface area contributed by atoms with Gasteiger partial charge in [-0.1, -0.05) is 99.2 Å². The summed E-state index contributed by atoms with van der Waals surface area (Å²) in [6.07, 6.45) is 6.59. The first-order valence-corrected chi connectivity index (χ1v) is 11.1. The molecule has 2 heteroatoms. The molecule has 2 nitrogen and oxygen atoms in total. The molecular formula is C26H38NO+. The molecule has 0 unspecified atom stereocenters. The summed E-state index contributed by atoms with van der Waals surface area (Å²) in [7, 11) is 0. The van der Waals surface area contributed by atoms with E-state index in [1.54, 1.807) is 0 Å². The third-order valence-corrected chi connectivity index (χ3v) is 6.83. The molecule has 0 amide bonds. The van der Waals surface area contributed by atoms with E-state index in [0.717, 1.165) is 19.3 Å². The molecule has 3 N–H and O–H groups in total. The highest BCUT2D eigenvalue weighted by atomic mass is 16.3. The quantitative estimate of drug-likeness (QED) is 0.621. The van der Waals surface area contributed by atoms with E-state index in [-0.39, 0.29) is 12.0 Å². The SMILES string of the molecule is CCCCCC[C@@]1(O)C[C@H](c2ccc(C)cc2)[NH2+][C@H](c2ccc(C)cc2)[C@@H]1C. The van der Waals surface area contributed by atoms with Crippen LogP contribution in [0.1, 0.15) is 86.7 Å². The zero-order valence-corrected chi connectivity index (χ0v) is 18.1. The third-order valence-electron chi connectivity index (χ3n) is 6.83. The fourth-order valence-corrected chi connectivity index (χ4v) is 4.80. The first kappa shape index (κ1) is 21.1. The van der Waals surface area contributed by atoms with Gasteiger partial charge in [0.05, 0.1) is 5.60 Å². The summed E-state index contributed by atoms with van der Waals surface area (Å²) in [4.78, 5) is 0. The Morgan fingerprint density at radius 2 is 1.46 bits per heavy atom.